The number of rotatable bonds is 8. The molecule has 0 aromatic heterocycles. The second kappa shape index (κ2) is 8.31. The first-order chi connectivity index (χ1) is 8.69. The van der Waals surface area contributed by atoms with Gasteiger partial charge in [0.25, 0.3) is 0 Å². The highest BCUT2D eigenvalue weighted by Crippen LogP contribution is 2.24. The van der Waals surface area contributed by atoms with Gasteiger partial charge < -0.3 is 5.32 Å². The number of hydrogen-bond acceptors (Lipinski definition) is 1. The van der Waals surface area contributed by atoms with E-state index in [4.69, 9.17) is 0 Å². The van der Waals surface area contributed by atoms with Crippen molar-refractivity contribution in [2.45, 2.75) is 65.3 Å². The average Bonchev–Trinajstić information content (AvgIpc) is 2.37. The summed E-state index contributed by atoms with van der Waals surface area (Å²) in [6.45, 7) is 6.67. The van der Waals surface area contributed by atoms with Crippen LogP contribution in [-0.4, -0.2) is 7.05 Å². The van der Waals surface area contributed by atoms with E-state index < -0.39 is 0 Å². The third kappa shape index (κ3) is 4.81. The summed E-state index contributed by atoms with van der Waals surface area (Å²) in [6, 6.07) is 7.30. The predicted molar refractivity (Wildman–Crippen MR) is 81.1 cm³/mol. The van der Waals surface area contributed by atoms with Crippen molar-refractivity contribution in [2.75, 3.05) is 7.05 Å². The summed E-state index contributed by atoms with van der Waals surface area (Å²) < 4.78 is 0. The van der Waals surface area contributed by atoms with E-state index in [0.29, 0.717) is 6.04 Å². The molecule has 1 heteroatoms. The Balaban J connectivity index is 2.52. The van der Waals surface area contributed by atoms with Crippen LogP contribution in [0.5, 0.6) is 0 Å². The van der Waals surface area contributed by atoms with Gasteiger partial charge in [0.05, 0.1) is 0 Å². The van der Waals surface area contributed by atoms with Gasteiger partial charge in [-0.2, -0.15) is 0 Å². The molecule has 18 heavy (non-hydrogen) atoms. The van der Waals surface area contributed by atoms with Gasteiger partial charge in [0.2, 0.25) is 0 Å². The zero-order chi connectivity index (χ0) is 13.4. The van der Waals surface area contributed by atoms with E-state index in [0.717, 1.165) is 0 Å². The molecule has 0 aliphatic rings. The Morgan fingerprint density at radius 2 is 1.78 bits per heavy atom. The first-order valence-electron chi connectivity index (χ1n) is 7.43. The van der Waals surface area contributed by atoms with Gasteiger partial charge in [0, 0.05) is 6.04 Å². The maximum absolute atomic E-state index is 3.48. The van der Waals surface area contributed by atoms with Gasteiger partial charge >= 0.3 is 0 Å². The van der Waals surface area contributed by atoms with Crippen LogP contribution in [-0.2, 0) is 0 Å². The van der Waals surface area contributed by atoms with E-state index in [1.807, 2.05) is 0 Å². The molecule has 0 amide bonds. The van der Waals surface area contributed by atoms with Gasteiger partial charge in [-0.25, -0.2) is 0 Å². The minimum atomic E-state index is 0.520. The summed E-state index contributed by atoms with van der Waals surface area (Å²) in [5.41, 5.74) is 4.25. The van der Waals surface area contributed by atoms with Gasteiger partial charge in [0.15, 0.2) is 0 Å². The molecule has 0 bridgehead atoms. The highest BCUT2D eigenvalue weighted by Gasteiger charge is 2.11. The highest BCUT2D eigenvalue weighted by molar-refractivity contribution is 5.32. The first-order valence-corrected chi connectivity index (χ1v) is 7.43. The molecule has 1 unspecified atom stereocenters. The van der Waals surface area contributed by atoms with Crippen molar-refractivity contribution in [2.24, 2.45) is 0 Å². The molecule has 0 heterocycles. The smallest absolute Gasteiger partial charge is 0.0320 e. The fourth-order valence-electron chi connectivity index (χ4n) is 2.54. The zero-order valence-corrected chi connectivity index (χ0v) is 12.6. The Morgan fingerprint density at radius 1 is 1.06 bits per heavy atom. The Bertz CT molecular complexity index is 343. The molecular weight excluding hydrogens is 218 g/mol. The first kappa shape index (κ1) is 15.2. The topological polar surface area (TPSA) is 12.0 Å². The number of aryl methyl sites for hydroxylation is 2. The van der Waals surface area contributed by atoms with Crippen LogP contribution in [0.3, 0.4) is 0 Å². The van der Waals surface area contributed by atoms with Gasteiger partial charge in [-0.05, 0) is 38.4 Å². The standard InChI is InChI=1S/C17H29N/c1-5-6-7-8-9-10-17(18-4)16-13-14(2)11-12-15(16)3/h11-13,17-18H,5-10H2,1-4H3. The molecule has 0 spiro atoms. The molecule has 0 radical (unpaired) electrons. The van der Waals surface area contributed by atoms with Crippen molar-refractivity contribution in [3.63, 3.8) is 0 Å². The quantitative estimate of drug-likeness (QED) is 0.643. The fourth-order valence-corrected chi connectivity index (χ4v) is 2.54. The van der Waals surface area contributed by atoms with Crippen LogP contribution < -0.4 is 5.32 Å². The molecule has 0 aliphatic heterocycles. The Kier molecular flexibility index (Phi) is 7.04. The van der Waals surface area contributed by atoms with Gasteiger partial charge in [-0.3, -0.25) is 0 Å². The van der Waals surface area contributed by atoms with E-state index in [9.17, 15) is 0 Å². The SMILES string of the molecule is CCCCCCCC(NC)c1cc(C)ccc1C. The zero-order valence-electron chi connectivity index (χ0n) is 12.6. The summed E-state index contributed by atoms with van der Waals surface area (Å²) >= 11 is 0. The average molecular weight is 247 g/mol. The van der Waals surface area contributed by atoms with Crippen molar-refractivity contribution in [3.8, 4) is 0 Å². The number of nitrogens with one attached hydrogen (secondary N) is 1. The minimum absolute atomic E-state index is 0.520. The summed E-state index contributed by atoms with van der Waals surface area (Å²) in [6.07, 6.45) is 8.06. The lowest BCUT2D eigenvalue weighted by Gasteiger charge is -2.19. The van der Waals surface area contributed by atoms with Crippen molar-refractivity contribution in [1.29, 1.82) is 0 Å². The molecule has 0 fully saturated rings. The molecular formula is C17H29N. The minimum Gasteiger partial charge on any atom is -0.313 e. The summed E-state index contributed by atoms with van der Waals surface area (Å²) in [5, 5.41) is 3.48. The third-order valence-electron chi connectivity index (χ3n) is 3.75. The summed E-state index contributed by atoms with van der Waals surface area (Å²) in [5.74, 6) is 0. The van der Waals surface area contributed by atoms with Crippen LogP contribution in [0.2, 0.25) is 0 Å². The second-order valence-corrected chi connectivity index (χ2v) is 5.40. The normalized spacial score (nSPS) is 12.7. The van der Waals surface area contributed by atoms with Gasteiger partial charge in [0.1, 0.15) is 0 Å². The Hall–Kier alpha value is -0.820. The van der Waals surface area contributed by atoms with E-state index in [-0.39, 0.29) is 0 Å². The van der Waals surface area contributed by atoms with Crippen molar-refractivity contribution in [3.05, 3.63) is 34.9 Å². The molecule has 1 nitrogen and oxygen atoms in total. The third-order valence-corrected chi connectivity index (χ3v) is 3.75. The van der Waals surface area contributed by atoms with Crippen molar-refractivity contribution in [1.82, 2.24) is 5.32 Å². The maximum atomic E-state index is 3.48. The van der Waals surface area contributed by atoms with Crippen LogP contribution >= 0.6 is 0 Å². The maximum Gasteiger partial charge on any atom is 0.0320 e. The Morgan fingerprint density at radius 3 is 2.44 bits per heavy atom. The van der Waals surface area contributed by atoms with Crippen LogP contribution in [0.4, 0.5) is 0 Å². The molecule has 1 rings (SSSR count). The molecule has 1 aromatic carbocycles. The van der Waals surface area contributed by atoms with E-state index in [1.54, 1.807) is 0 Å². The molecule has 1 aromatic rings. The largest absolute Gasteiger partial charge is 0.313 e. The van der Waals surface area contributed by atoms with E-state index in [1.165, 1.54) is 55.2 Å². The predicted octanol–water partition coefficient (Wildman–Crippen LogP) is 4.92. The fraction of sp³-hybridized carbons (Fsp3) is 0.647. The molecule has 1 N–H and O–H groups in total. The van der Waals surface area contributed by atoms with Gasteiger partial charge in [-0.1, -0.05) is 62.8 Å². The van der Waals surface area contributed by atoms with Crippen LogP contribution in [0.15, 0.2) is 18.2 Å². The molecule has 102 valence electrons. The van der Waals surface area contributed by atoms with Crippen LogP contribution in [0, 0.1) is 13.8 Å². The molecule has 0 aliphatic carbocycles. The summed E-state index contributed by atoms with van der Waals surface area (Å²) in [7, 11) is 2.08. The molecule has 0 saturated carbocycles. The number of benzene rings is 1. The number of hydrogen-bond donors (Lipinski definition) is 1. The molecule has 1 atom stereocenters. The second-order valence-electron chi connectivity index (χ2n) is 5.40. The molecule has 0 saturated heterocycles. The lowest BCUT2D eigenvalue weighted by atomic mass is 9.95. The lowest BCUT2D eigenvalue weighted by Crippen LogP contribution is -2.17. The van der Waals surface area contributed by atoms with Crippen molar-refractivity contribution < 1.29 is 0 Å². The van der Waals surface area contributed by atoms with Crippen molar-refractivity contribution >= 4 is 0 Å². The highest BCUT2D eigenvalue weighted by atomic mass is 14.9. The van der Waals surface area contributed by atoms with Gasteiger partial charge in [-0.15, -0.1) is 0 Å². The summed E-state index contributed by atoms with van der Waals surface area (Å²) in [4.78, 5) is 0. The van der Waals surface area contributed by atoms with Crippen LogP contribution in [0.1, 0.15) is 68.2 Å². The monoisotopic (exact) mass is 247 g/mol. The Labute approximate surface area is 113 Å². The number of unbranched alkanes of at least 4 members (excludes halogenated alkanes) is 4. The lowest BCUT2D eigenvalue weighted by molar-refractivity contribution is 0.499. The van der Waals surface area contributed by atoms with E-state index in [2.05, 4.69) is 51.3 Å². The van der Waals surface area contributed by atoms with Crippen LogP contribution in [0.25, 0.3) is 0 Å². The van der Waals surface area contributed by atoms with E-state index >= 15 is 0 Å².